The number of nitrogens with one attached hydrogen (secondary N) is 4. The molecular formula is C18H25N7O2. The minimum Gasteiger partial charge on any atom is -0.349 e. The van der Waals surface area contributed by atoms with Crippen LogP contribution in [-0.4, -0.2) is 52.0 Å². The van der Waals surface area contributed by atoms with Gasteiger partial charge in [-0.3, -0.25) is 20.4 Å². The number of aromatic nitrogens is 3. The summed E-state index contributed by atoms with van der Waals surface area (Å²) in [5.41, 5.74) is 8.55. The number of amides is 2. The molecule has 2 aromatic rings. The van der Waals surface area contributed by atoms with Crippen molar-refractivity contribution in [3.05, 3.63) is 23.1 Å². The van der Waals surface area contributed by atoms with Crippen LogP contribution >= 0.6 is 0 Å². The summed E-state index contributed by atoms with van der Waals surface area (Å²) < 4.78 is 2.14. The second-order valence-electron chi connectivity index (χ2n) is 7.18. The lowest BCUT2D eigenvalue weighted by Crippen LogP contribution is -2.44. The van der Waals surface area contributed by atoms with E-state index >= 15 is 0 Å². The van der Waals surface area contributed by atoms with Crippen LogP contribution in [0.1, 0.15) is 41.1 Å². The van der Waals surface area contributed by atoms with Gasteiger partial charge < -0.3 is 15.2 Å². The summed E-state index contributed by atoms with van der Waals surface area (Å²) in [6.07, 6.45) is 4.29. The Balaban J connectivity index is 1.52. The lowest BCUT2D eigenvalue weighted by Gasteiger charge is -2.11. The Labute approximate surface area is 157 Å². The van der Waals surface area contributed by atoms with Crippen molar-refractivity contribution in [2.45, 2.75) is 45.2 Å². The molecule has 2 aliphatic rings. The molecular weight excluding hydrogens is 346 g/mol. The molecule has 0 bridgehead atoms. The van der Waals surface area contributed by atoms with Crippen LogP contribution < -0.4 is 21.5 Å². The van der Waals surface area contributed by atoms with Gasteiger partial charge in [0.05, 0.1) is 18.2 Å². The van der Waals surface area contributed by atoms with E-state index in [0.717, 1.165) is 43.0 Å². The van der Waals surface area contributed by atoms with E-state index in [2.05, 4.69) is 31.0 Å². The number of pyridine rings is 1. The molecule has 2 amide bonds. The van der Waals surface area contributed by atoms with Crippen LogP contribution in [0.5, 0.6) is 0 Å². The third-order valence-corrected chi connectivity index (χ3v) is 5.03. The van der Waals surface area contributed by atoms with Crippen LogP contribution in [0.25, 0.3) is 11.2 Å². The topological polar surface area (TPSA) is 113 Å². The average Bonchev–Trinajstić information content (AvgIpc) is 3.20. The number of hydrogen-bond donors (Lipinski definition) is 4. The molecule has 1 saturated heterocycles. The third kappa shape index (κ3) is 3.79. The highest BCUT2D eigenvalue weighted by Gasteiger charge is 2.22. The minimum atomic E-state index is -0.295. The summed E-state index contributed by atoms with van der Waals surface area (Å²) in [5.74, 6) is 0.492. The van der Waals surface area contributed by atoms with Gasteiger partial charge in [-0.15, -0.1) is 0 Å². The SMILES string of the molecule is Cc1cc(C(=O)NCC(=O)NC2CNNC2)c2nc3n(c2n1)CCCCC3. The van der Waals surface area contributed by atoms with E-state index in [4.69, 9.17) is 4.98 Å². The van der Waals surface area contributed by atoms with E-state index in [-0.39, 0.29) is 24.4 Å². The highest BCUT2D eigenvalue weighted by atomic mass is 16.2. The molecule has 0 atom stereocenters. The number of imidazole rings is 1. The van der Waals surface area contributed by atoms with Crippen LogP contribution in [0.15, 0.2) is 6.07 Å². The zero-order chi connectivity index (χ0) is 18.8. The Kier molecular flexibility index (Phi) is 5.04. The summed E-state index contributed by atoms with van der Waals surface area (Å²) in [6.45, 7) is 4.04. The van der Waals surface area contributed by atoms with Crippen molar-refractivity contribution in [1.29, 1.82) is 0 Å². The van der Waals surface area contributed by atoms with Crippen molar-refractivity contribution in [3.8, 4) is 0 Å². The number of nitrogens with zero attached hydrogens (tertiary/aromatic N) is 3. The van der Waals surface area contributed by atoms with Gasteiger partial charge in [0, 0.05) is 31.7 Å². The standard InChI is InChI=1S/C18H25N7O2/c1-11-7-13(18(27)19-10-15(26)23-12-8-20-21-9-12)16-17(22-11)25-6-4-2-3-5-14(25)24-16/h7,12,20-21H,2-6,8-10H2,1H3,(H,19,27)(H,23,26). The van der Waals surface area contributed by atoms with E-state index in [1.807, 2.05) is 6.92 Å². The number of hydrazine groups is 1. The highest BCUT2D eigenvalue weighted by molar-refractivity contribution is 6.05. The fourth-order valence-corrected chi connectivity index (χ4v) is 3.69. The van der Waals surface area contributed by atoms with Crippen LogP contribution in [0, 0.1) is 6.92 Å². The van der Waals surface area contributed by atoms with Gasteiger partial charge in [0.15, 0.2) is 5.65 Å². The van der Waals surface area contributed by atoms with Crippen LogP contribution in [-0.2, 0) is 17.8 Å². The smallest absolute Gasteiger partial charge is 0.254 e. The van der Waals surface area contributed by atoms with Crippen LogP contribution in [0.2, 0.25) is 0 Å². The Morgan fingerprint density at radius 3 is 2.85 bits per heavy atom. The fourth-order valence-electron chi connectivity index (χ4n) is 3.69. The Morgan fingerprint density at radius 1 is 1.22 bits per heavy atom. The van der Waals surface area contributed by atoms with Crippen molar-refractivity contribution in [2.75, 3.05) is 19.6 Å². The molecule has 0 radical (unpaired) electrons. The molecule has 0 aromatic carbocycles. The quantitative estimate of drug-likeness (QED) is 0.592. The first-order chi connectivity index (χ1) is 13.1. The maximum Gasteiger partial charge on any atom is 0.254 e. The van der Waals surface area contributed by atoms with Gasteiger partial charge >= 0.3 is 0 Å². The van der Waals surface area contributed by atoms with Crippen LogP contribution in [0.3, 0.4) is 0 Å². The number of carbonyl (C=O) groups excluding carboxylic acids is 2. The van der Waals surface area contributed by atoms with Gasteiger partial charge in [-0.25, -0.2) is 9.97 Å². The minimum absolute atomic E-state index is 0.0353. The lowest BCUT2D eigenvalue weighted by atomic mass is 10.2. The molecule has 0 aliphatic carbocycles. The molecule has 27 heavy (non-hydrogen) atoms. The Bertz CT molecular complexity index is 870. The van der Waals surface area contributed by atoms with Crippen molar-refractivity contribution in [1.82, 2.24) is 36.0 Å². The van der Waals surface area contributed by atoms with Crippen molar-refractivity contribution >= 4 is 23.0 Å². The highest BCUT2D eigenvalue weighted by Crippen LogP contribution is 2.23. The van der Waals surface area contributed by atoms with E-state index in [9.17, 15) is 9.59 Å². The van der Waals surface area contributed by atoms with Gasteiger partial charge in [-0.1, -0.05) is 6.42 Å². The monoisotopic (exact) mass is 371 g/mol. The van der Waals surface area contributed by atoms with Gasteiger partial charge in [-0.2, -0.15) is 0 Å². The lowest BCUT2D eigenvalue weighted by molar-refractivity contribution is -0.120. The molecule has 0 spiro atoms. The molecule has 2 aromatic heterocycles. The van der Waals surface area contributed by atoms with E-state index in [0.29, 0.717) is 24.2 Å². The van der Waals surface area contributed by atoms with E-state index in [1.54, 1.807) is 6.07 Å². The van der Waals surface area contributed by atoms with E-state index < -0.39 is 0 Å². The molecule has 1 fully saturated rings. The summed E-state index contributed by atoms with van der Waals surface area (Å²) in [6, 6.07) is 1.78. The predicted molar refractivity (Wildman–Crippen MR) is 100 cm³/mol. The maximum absolute atomic E-state index is 12.7. The fraction of sp³-hybridized carbons (Fsp3) is 0.556. The molecule has 0 saturated carbocycles. The molecule has 4 rings (SSSR count). The molecule has 9 heteroatoms. The zero-order valence-corrected chi connectivity index (χ0v) is 15.5. The number of carbonyl (C=O) groups is 2. The zero-order valence-electron chi connectivity index (χ0n) is 15.5. The first-order valence-corrected chi connectivity index (χ1v) is 9.52. The van der Waals surface area contributed by atoms with Gasteiger partial charge in [0.2, 0.25) is 5.91 Å². The second kappa shape index (κ2) is 7.61. The molecule has 144 valence electrons. The van der Waals surface area contributed by atoms with Gasteiger partial charge in [-0.05, 0) is 25.8 Å². The Hall–Kier alpha value is -2.52. The van der Waals surface area contributed by atoms with E-state index in [1.165, 1.54) is 6.42 Å². The first kappa shape index (κ1) is 17.9. The summed E-state index contributed by atoms with van der Waals surface area (Å²) in [5, 5.41) is 5.59. The number of fused-ring (bicyclic) bond motifs is 3. The van der Waals surface area contributed by atoms with Crippen molar-refractivity contribution in [3.63, 3.8) is 0 Å². The molecule has 4 heterocycles. The summed E-state index contributed by atoms with van der Waals surface area (Å²) in [4.78, 5) is 34.1. The summed E-state index contributed by atoms with van der Waals surface area (Å²) in [7, 11) is 0. The van der Waals surface area contributed by atoms with Crippen molar-refractivity contribution in [2.24, 2.45) is 0 Å². The second-order valence-corrected chi connectivity index (χ2v) is 7.18. The molecule has 4 N–H and O–H groups in total. The normalized spacial score (nSPS) is 17.5. The molecule has 0 unspecified atom stereocenters. The number of hydrogen-bond acceptors (Lipinski definition) is 6. The van der Waals surface area contributed by atoms with Crippen molar-refractivity contribution < 1.29 is 9.59 Å². The largest absolute Gasteiger partial charge is 0.349 e. The van der Waals surface area contributed by atoms with Crippen LogP contribution in [0.4, 0.5) is 0 Å². The third-order valence-electron chi connectivity index (χ3n) is 5.03. The molecule has 2 aliphatic heterocycles. The van der Waals surface area contributed by atoms with Gasteiger partial charge in [0.1, 0.15) is 11.3 Å². The molecule has 9 nitrogen and oxygen atoms in total. The average molecular weight is 371 g/mol. The first-order valence-electron chi connectivity index (χ1n) is 9.52. The maximum atomic E-state index is 12.7. The number of rotatable bonds is 4. The van der Waals surface area contributed by atoms with Gasteiger partial charge in [0.25, 0.3) is 5.91 Å². The Morgan fingerprint density at radius 2 is 2.04 bits per heavy atom. The summed E-state index contributed by atoms with van der Waals surface area (Å²) >= 11 is 0. The predicted octanol–water partition coefficient (Wildman–Crippen LogP) is -0.211. The number of aryl methyl sites for hydroxylation is 3.